The van der Waals surface area contributed by atoms with Crippen LogP contribution in [0.5, 0.6) is 5.75 Å². The van der Waals surface area contributed by atoms with Crippen LogP contribution in [0.2, 0.25) is 5.02 Å². The fraction of sp³-hybridized carbons (Fsp3) is 0.543. The van der Waals surface area contributed by atoms with Gasteiger partial charge in [-0.1, -0.05) is 126 Å². The minimum Gasteiger partial charge on any atom is -1.00 e. The first-order valence-electron chi connectivity index (χ1n) is 15.7. The van der Waals surface area contributed by atoms with E-state index in [0.29, 0.717) is 24.6 Å². The molecule has 0 unspecified atom stereocenters. The van der Waals surface area contributed by atoms with E-state index in [1.807, 2.05) is 42.2 Å². The summed E-state index contributed by atoms with van der Waals surface area (Å²) >= 11 is 8.35. The minimum atomic E-state index is 0. The topological polar surface area (TPSA) is 33.4 Å². The highest BCUT2D eigenvalue weighted by molar-refractivity contribution is 7.09. The van der Waals surface area contributed by atoms with E-state index in [0.717, 1.165) is 30.0 Å². The standard InChI is InChI=1S/C35H50ClN2O2S.BrH/c1-4-6-7-8-9-10-11-12-13-14-15-16-22-40-34-21-20-31(24-33(34)36)27-38(35(39)5-2)32-19-17-18-30(23-32)26-37-25-29(3)41-28-37;/h17-21,23-25,28H,4-16,22,26-27H2,1-3H3;1H/q+1;/p-1. The molecule has 0 fully saturated rings. The molecule has 0 saturated carbocycles. The number of nitrogens with zero attached hydrogens (tertiary/aromatic N) is 2. The molecule has 0 atom stereocenters. The fourth-order valence-electron chi connectivity index (χ4n) is 5.14. The van der Waals surface area contributed by atoms with Gasteiger partial charge >= 0.3 is 0 Å². The lowest BCUT2D eigenvalue weighted by Crippen LogP contribution is -3.00. The number of halogens is 2. The maximum atomic E-state index is 13.0. The third kappa shape index (κ3) is 13.2. The molecule has 0 bridgehead atoms. The first-order valence-corrected chi connectivity index (χ1v) is 17.0. The van der Waals surface area contributed by atoms with E-state index in [1.165, 1.54) is 81.1 Å². The number of hydrogen-bond acceptors (Lipinski definition) is 3. The molecular formula is C35H50BrClN2O2S. The van der Waals surface area contributed by atoms with Gasteiger partial charge in [0.05, 0.1) is 23.1 Å². The van der Waals surface area contributed by atoms with Crippen molar-refractivity contribution in [3.05, 3.63) is 75.2 Å². The number of unbranched alkanes of at least 4 members (excludes halogenated alkanes) is 11. The van der Waals surface area contributed by atoms with E-state index in [9.17, 15) is 4.79 Å². The quantitative estimate of drug-likeness (QED) is 0.0947. The molecule has 0 spiro atoms. The number of amides is 1. The molecule has 0 N–H and O–H groups in total. The van der Waals surface area contributed by atoms with Gasteiger partial charge in [0.2, 0.25) is 11.4 Å². The van der Waals surface area contributed by atoms with E-state index >= 15 is 0 Å². The van der Waals surface area contributed by atoms with Crippen LogP contribution in [-0.2, 0) is 17.9 Å². The zero-order valence-electron chi connectivity index (χ0n) is 25.9. The number of rotatable bonds is 20. The molecule has 0 aliphatic carbocycles. The number of benzene rings is 2. The molecule has 42 heavy (non-hydrogen) atoms. The van der Waals surface area contributed by atoms with Gasteiger partial charge in [0.1, 0.15) is 5.75 Å². The van der Waals surface area contributed by atoms with Gasteiger partial charge in [-0.05, 0) is 43.2 Å². The fourth-order valence-corrected chi connectivity index (χ4v) is 6.03. The summed E-state index contributed by atoms with van der Waals surface area (Å²) in [5, 5.41) is 0.600. The van der Waals surface area contributed by atoms with Crippen molar-refractivity contribution < 1.29 is 31.1 Å². The second-order valence-electron chi connectivity index (χ2n) is 11.1. The van der Waals surface area contributed by atoms with Gasteiger partial charge in [-0.25, -0.2) is 0 Å². The number of carbonyl (C=O) groups is 1. The number of anilines is 1. The van der Waals surface area contributed by atoms with Crippen LogP contribution in [0.1, 0.15) is 113 Å². The maximum Gasteiger partial charge on any atom is 0.227 e. The Morgan fingerprint density at radius 1 is 0.881 bits per heavy atom. The lowest BCUT2D eigenvalue weighted by atomic mass is 10.1. The number of aromatic nitrogens is 1. The summed E-state index contributed by atoms with van der Waals surface area (Å²) in [7, 11) is 0. The van der Waals surface area contributed by atoms with E-state index in [2.05, 4.69) is 42.3 Å². The highest BCUT2D eigenvalue weighted by atomic mass is 79.9. The molecule has 7 heteroatoms. The van der Waals surface area contributed by atoms with Crippen molar-refractivity contribution in [2.75, 3.05) is 11.5 Å². The van der Waals surface area contributed by atoms with E-state index < -0.39 is 0 Å². The first kappa shape index (κ1) is 36.3. The largest absolute Gasteiger partial charge is 1.00 e. The highest BCUT2D eigenvalue weighted by Crippen LogP contribution is 2.28. The lowest BCUT2D eigenvalue weighted by Gasteiger charge is -2.23. The Morgan fingerprint density at radius 2 is 1.55 bits per heavy atom. The normalized spacial score (nSPS) is 10.9. The maximum absolute atomic E-state index is 13.0. The zero-order chi connectivity index (χ0) is 29.3. The van der Waals surface area contributed by atoms with Crippen molar-refractivity contribution >= 4 is 34.5 Å². The molecule has 0 saturated heterocycles. The van der Waals surface area contributed by atoms with Crippen LogP contribution < -0.4 is 31.2 Å². The minimum absolute atomic E-state index is 0. The van der Waals surface area contributed by atoms with Gasteiger partial charge < -0.3 is 26.6 Å². The summed E-state index contributed by atoms with van der Waals surface area (Å²) in [5.74, 6) is 0.807. The predicted octanol–water partition coefficient (Wildman–Crippen LogP) is 7.07. The van der Waals surface area contributed by atoms with Crippen LogP contribution in [0.15, 0.2) is 54.2 Å². The molecule has 1 heterocycles. The van der Waals surface area contributed by atoms with Crippen LogP contribution >= 0.6 is 22.9 Å². The molecule has 4 nitrogen and oxygen atoms in total. The molecule has 0 aliphatic heterocycles. The highest BCUT2D eigenvalue weighted by Gasteiger charge is 2.17. The Hall–Kier alpha value is -1.89. The molecule has 2 aromatic carbocycles. The van der Waals surface area contributed by atoms with Gasteiger partial charge in [-0.15, -0.1) is 0 Å². The average molecular weight is 678 g/mol. The summed E-state index contributed by atoms with van der Waals surface area (Å²) in [5.41, 5.74) is 5.19. The molecule has 3 rings (SSSR count). The Balaban J connectivity index is 0.00000616. The smallest absolute Gasteiger partial charge is 0.227 e. The summed E-state index contributed by atoms with van der Waals surface area (Å²) in [6, 6.07) is 14.2. The molecule has 3 aromatic rings. The van der Waals surface area contributed by atoms with Crippen molar-refractivity contribution in [3.8, 4) is 5.75 Å². The van der Waals surface area contributed by atoms with Crippen molar-refractivity contribution in [2.24, 2.45) is 0 Å². The van der Waals surface area contributed by atoms with Gasteiger partial charge in [0.25, 0.3) is 0 Å². The van der Waals surface area contributed by atoms with Crippen LogP contribution in [0.25, 0.3) is 0 Å². The predicted molar refractivity (Wildman–Crippen MR) is 174 cm³/mol. The summed E-state index contributed by atoms with van der Waals surface area (Å²) in [6.45, 7) is 8.23. The van der Waals surface area contributed by atoms with Gasteiger partial charge in [0, 0.05) is 17.7 Å². The molecule has 232 valence electrons. The summed E-state index contributed by atoms with van der Waals surface area (Å²) in [4.78, 5) is 16.1. The average Bonchev–Trinajstić information content (AvgIpc) is 3.38. The SMILES string of the molecule is CCCCCCCCCCCCCCOc1ccc(CN(C(=O)CC)c2cccc(C[n+]3csc(C)c3)c2)cc1Cl.[Br-]. The Bertz CT molecular complexity index is 1190. The van der Waals surface area contributed by atoms with Crippen molar-refractivity contribution in [1.82, 2.24) is 0 Å². The number of aryl methyl sites for hydroxylation is 1. The van der Waals surface area contributed by atoms with E-state index in [-0.39, 0.29) is 22.9 Å². The molecule has 1 amide bonds. The van der Waals surface area contributed by atoms with Crippen LogP contribution in [0, 0.1) is 6.92 Å². The van der Waals surface area contributed by atoms with Gasteiger partial charge in [-0.3, -0.25) is 4.79 Å². The first-order chi connectivity index (χ1) is 20.0. The monoisotopic (exact) mass is 676 g/mol. The van der Waals surface area contributed by atoms with Crippen molar-refractivity contribution in [1.29, 1.82) is 0 Å². The van der Waals surface area contributed by atoms with Crippen LogP contribution in [-0.4, -0.2) is 12.5 Å². The van der Waals surface area contributed by atoms with E-state index in [4.69, 9.17) is 16.3 Å². The number of carbonyl (C=O) groups excluding carboxylic acids is 1. The molecule has 1 aromatic heterocycles. The Labute approximate surface area is 274 Å². The molecule has 0 aliphatic rings. The van der Waals surface area contributed by atoms with Crippen LogP contribution in [0.3, 0.4) is 0 Å². The third-order valence-corrected chi connectivity index (χ3v) is 8.65. The summed E-state index contributed by atoms with van der Waals surface area (Å²) in [6.07, 6.45) is 18.5. The Morgan fingerprint density at radius 3 is 2.14 bits per heavy atom. The second kappa shape index (κ2) is 20.9. The lowest BCUT2D eigenvalue weighted by molar-refractivity contribution is -0.683. The number of hydrogen-bond donors (Lipinski definition) is 0. The van der Waals surface area contributed by atoms with Gasteiger partial charge in [0.15, 0.2) is 12.7 Å². The zero-order valence-corrected chi connectivity index (χ0v) is 29.0. The van der Waals surface area contributed by atoms with Gasteiger partial charge in [-0.2, -0.15) is 4.57 Å². The van der Waals surface area contributed by atoms with Crippen molar-refractivity contribution in [2.45, 2.75) is 117 Å². The van der Waals surface area contributed by atoms with E-state index in [1.54, 1.807) is 11.3 Å². The second-order valence-corrected chi connectivity index (χ2v) is 12.6. The number of thiazole rings is 1. The molecule has 0 radical (unpaired) electrons. The molecular weight excluding hydrogens is 628 g/mol. The Kier molecular flexibility index (Phi) is 18.1. The van der Waals surface area contributed by atoms with Crippen molar-refractivity contribution in [3.63, 3.8) is 0 Å². The third-order valence-electron chi connectivity index (χ3n) is 7.50. The number of ether oxygens (including phenoxy) is 1. The van der Waals surface area contributed by atoms with Crippen LogP contribution in [0.4, 0.5) is 5.69 Å². The summed E-state index contributed by atoms with van der Waals surface area (Å²) < 4.78 is 8.18.